The van der Waals surface area contributed by atoms with Gasteiger partial charge in [0.05, 0.1) is 11.1 Å². The first-order chi connectivity index (χ1) is 28.8. The lowest BCUT2D eigenvalue weighted by molar-refractivity contribution is 0.793. The van der Waals surface area contributed by atoms with Gasteiger partial charge in [-0.05, 0) is 123 Å². The maximum atomic E-state index is 2.50. The predicted molar refractivity (Wildman–Crippen MR) is 245 cm³/mol. The molecule has 2 nitrogen and oxygen atoms in total. The van der Waals surface area contributed by atoms with Crippen molar-refractivity contribution in [2.45, 2.75) is 5.41 Å². The zero-order valence-corrected chi connectivity index (χ0v) is 32.4. The van der Waals surface area contributed by atoms with Gasteiger partial charge in [0, 0.05) is 48.6 Å². The van der Waals surface area contributed by atoms with Crippen LogP contribution in [-0.4, -0.2) is 0 Å². The third-order valence-corrected chi connectivity index (χ3v) is 13.4. The Balaban J connectivity index is 1.12. The highest BCUT2D eigenvalue weighted by atomic mass is 32.1. The molecular weight excluding hydrogens is 721 g/mol. The van der Waals surface area contributed by atoms with Gasteiger partial charge in [-0.1, -0.05) is 140 Å². The fraction of sp³-hybridized carbons (Fsp3) is 0.0182. The highest BCUT2D eigenvalue weighted by Gasteiger charge is 2.52. The minimum atomic E-state index is -0.500. The van der Waals surface area contributed by atoms with Crippen LogP contribution in [0, 0.1) is 0 Å². The van der Waals surface area contributed by atoms with E-state index in [9.17, 15) is 0 Å². The van der Waals surface area contributed by atoms with E-state index in [1.807, 2.05) is 11.3 Å². The van der Waals surface area contributed by atoms with Crippen LogP contribution in [0.25, 0.3) is 42.4 Å². The molecule has 0 fully saturated rings. The van der Waals surface area contributed by atoms with Crippen molar-refractivity contribution >= 4 is 65.6 Å². The number of hydrogen-bond donors (Lipinski definition) is 0. The van der Waals surface area contributed by atoms with Crippen molar-refractivity contribution in [3.8, 4) is 22.3 Å². The number of rotatable bonds is 6. The van der Waals surface area contributed by atoms with Crippen LogP contribution in [0.3, 0.4) is 0 Å². The van der Waals surface area contributed by atoms with Gasteiger partial charge in [0.1, 0.15) is 0 Å². The highest BCUT2D eigenvalue weighted by molar-refractivity contribution is 7.26. The van der Waals surface area contributed by atoms with E-state index in [2.05, 4.69) is 228 Å². The second-order valence-corrected chi connectivity index (χ2v) is 16.3. The van der Waals surface area contributed by atoms with E-state index < -0.39 is 5.41 Å². The van der Waals surface area contributed by atoms with Crippen molar-refractivity contribution in [3.05, 3.63) is 241 Å². The summed E-state index contributed by atoms with van der Waals surface area (Å²) in [7, 11) is 0. The summed E-state index contributed by atoms with van der Waals surface area (Å²) in [6.45, 7) is 0. The predicted octanol–water partition coefficient (Wildman–Crippen LogP) is 15.3. The largest absolute Gasteiger partial charge is 0.310 e. The Morgan fingerprint density at radius 2 is 0.810 bits per heavy atom. The smallest absolute Gasteiger partial charge is 0.0726 e. The van der Waals surface area contributed by atoms with Crippen LogP contribution in [0.1, 0.15) is 22.3 Å². The third-order valence-electron chi connectivity index (χ3n) is 12.2. The number of para-hydroxylation sites is 3. The molecule has 0 aliphatic heterocycles. The highest BCUT2D eigenvalue weighted by Crippen LogP contribution is 2.64. The molecule has 0 bridgehead atoms. The average Bonchev–Trinajstić information content (AvgIpc) is 3.92. The fourth-order valence-corrected chi connectivity index (χ4v) is 11.1. The Morgan fingerprint density at radius 3 is 1.50 bits per heavy atom. The van der Waals surface area contributed by atoms with Gasteiger partial charge in [0.15, 0.2) is 0 Å². The number of anilines is 6. The normalized spacial score (nSPS) is 14.6. The molecule has 9 aromatic carbocycles. The van der Waals surface area contributed by atoms with E-state index in [0.717, 1.165) is 28.4 Å². The Labute approximate surface area is 342 Å². The standard InChI is InChI=1S/C55H36N2S/c1-4-17-37(18-5-1)56(38-19-6-2-7-20-38)40-32-34-49-46(35-40)43-24-11-14-27-48(43)55(49)47-26-13-10-23-42(47)44-33-31-41(36-50(44)55)57(39-21-8-3-9-22-39)51-28-16-30-53-54(51)45-25-12-15-29-52(45)58-53/h1-36H. The zero-order chi connectivity index (χ0) is 38.2. The molecule has 1 unspecified atom stereocenters. The van der Waals surface area contributed by atoms with Crippen LogP contribution < -0.4 is 9.80 Å². The molecule has 58 heavy (non-hydrogen) atoms. The molecule has 12 rings (SSSR count). The van der Waals surface area contributed by atoms with Gasteiger partial charge in [0.25, 0.3) is 0 Å². The SMILES string of the molecule is c1ccc(N(c2ccccc2)c2ccc3c(c2)-c2ccccc2C32c3ccccc3-c3ccc(N(c4ccccc4)c4cccc5sc6ccccc6c45)cc32)cc1. The van der Waals surface area contributed by atoms with Crippen molar-refractivity contribution in [1.29, 1.82) is 0 Å². The Bertz CT molecular complexity index is 3150. The van der Waals surface area contributed by atoms with Gasteiger partial charge in [-0.15, -0.1) is 11.3 Å². The first-order valence-electron chi connectivity index (χ1n) is 19.9. The molecule has 1 atom stereocenters. The number of hydrogen-bond acceptors (Lipinski definition) is 3. The van der Waals surface area contributed by atoms with Gasteiger partial charge in [-0.2, -0.15) is 0 Å². The van der Waals surface area contributed by atoms with Gasteiger partial charge in [0.2, 0.25) is 0 Å². The second kappa shape index (κ2) is 12.9. The maximum absolute atomic E-state index is 2.50. The van der Waals surface area contributed by atoms with E-state index in [0.29, 0.717) is 0 Å². The molecule has 0 N–H and O–H groups in total. The van der Waals surface area contributed by atoms with Crippen molar-refractivity contribution in [3.63, 3.8) is 0 Å². The molecule has 0 saturated heterocycles. The second-order valence-electron chi connectivity index (χ2n) is 15.2. The van der Waals surface area contributed by atoms with E-state index in [4.69, 9.17) is 0 Å². The number of fused-ring (bicyclic) bond motifs is 13. The summed E-state index contributed by atoms with van der Waals surface area (Å²) in [5, 5.41) is 2.58. The maximum Gasteiger partial charge on any atom is 0.0726 e. The van der Waals surface area contributed by atoms with Crippen molar-refractivity contribution in [1.82, 2.24) is 0 Å². The van der Waals surface area contributed by atoms with Crippen LogP contribution in [-0.2, 0) is 5.41 Å². The van der Waals surface area contributed by atoms with E-state index in [1.54, 1.807) is 0 Å². The molecule has 10 aromatic rings. The number of nitrogens with zero attached hydrogens (tertiary/aromatic N) is 2. The Hall–Kier alpha value is -7.20. The van der Waals surface area contributed by atoms with Crippen LogP contribution in [0.4, 0.5) is 34.1 Å². The van der Waals surface area contributed by atoms with Gasteiger partial charge >= 0.3 is 0 Å². The first-order valence-corrected chi connectivity index (χ1v) is 20.8. The van der Waals surface area contributed by atoms with Crippen LogP contribution in [0.2, 0.25) is 0 Å². The quantitative estimate of drug-likeness (QED) is 0.167. The van der Waals surface area contributed by atoms with Crippen LogP contribution in [0.5, 0.6) is 0 Å². The van der Waals surface area contributed by atoms with E-state index in [-0.39, 0.29) is 0 Å². The van der Waals surface area contributed by atoms with Crippen molar-refractivity contribution in [2.24, 2.45) is 0 Å². The minimum Gasteiger partial charge on any atom is -0.310 e. The average molecular weight is 757 g/mol. The molecule has 272 valence electrons. The summed E-state index contributed by atoms with van der Waals surface area (Å²) in [6.07, 6.45) is 0. The van der Waals surface area contributed by atoms with Gasteiger partial charge in [-0.25, -0.2) is 0 Å². The summed E-state index contributed by atoms with van der Waals surface area (Å²) < 4.78 is 2.59. The van der Waals surface area contributed by atoms with Gasteiger partial charge in [-0.3, -0.25) is 0 Å². The Kier molecular flexibility index (Phi) is 7.35. The summed E-state index contributed by atoms with van der Waals surface area (Å²) >= 11 is 1.87. The first kappa shape index (κ1) is 33.0. The molecule has 1 aromatic heterocycles. The Morgan fingerprint density at radius 1 is 0.310 bits per heavy atom. The van der Waals surface area contributed by atoms with Crippen LogP contribution in [0.15, 0.2) is 218 Å². The summed E-state index contributed by atoms with van der Waals surface area (Å²) in [5.41, 5.74) is 16.8. The zero-order valence-electron chi connectivity index (χ0n) is 31.6. The lowest BCUT2D eigenvalue weighted by Crippen LogP contribution is -2.26. The molecule has 1 spiro atoms. The van der Waals surface area contributed by atoms with E-state index >= 15 is 0 Å². The molecule has 0 radical (unpaired) electrons. The third kappa shape index (κ3) is 4.71. The number of thiophene rings is 1. The molecule has 0 amide bonds. The lowest BCUT2D eigenvalue weighted by Gasteiger charge is -2.33. The molecule has 1 heterocycles. The van der Waals surface area contributed by atoms with E-state index in [1.165, 1.54) is 70.4 Å². The lowest BCUT2D eigenvalue weighted by atomic mass is 9.70. The van der Waals surface area contributed by atoms with Crippen molar-refractivity contribution in [2.75, 3.05) is 9.80 Å². The molecular formula is C55H36N2S. The number of benzene rings is 9. The molecule has 3 heteroatoms. The molecule has 2 aliphatic carbocycles. The molecule has 2 aliphatic rings. The summed E-state index contributed by atoms with van der Waals surface area (Å²) in [4.78, 5) is 4.84. The van der Waals surface area contributed by atoms with Crippen molar-refractivity contribution < 1.29 is 0 Å². The van der Waals surface area contributed by atoms with Crippen LogP contribution >= 0.6 is 11.3 Å². The molecule has 0 saturated carbocycles. The summed E-state index contributed by atoms with van der Waals surface area (Å²) in [5.74, 6) is 0. The topological polar surface area (TPSA) is 6.48 Å². The summed E-state index contributed by atoms with van der Waals surface area (Å²) in [6, 6.07) is 80.4. The van der Waals surface area contributed by atoms with Gasteiger partial charge < -0.3 is 9.80 Å². The monoisotopic (exact) mass is 756 g/mol. The minimum absolute atomic E-state index is 0.500. The fourth-order valence-electron chi connectivity index (χ4n) is 9.95.